The summed E-state index contributed by atoms with van der Waals surface area (Å²) in [6.07, 6.45) is 10.2. The van der Waals surface area contributed by atoms with Gasteiger partial charge < -0.3 is 65.8 Å². The van der Waals surface area contributed by atoms with Crippen molar-refractivity contribution >= 4 is 146 Å². The molecule has 16 nitrogen and oxygen atoms in total. The van der Waals surface area contributed by atoms with E-state index in [9.17, 15) is 0 Å². The van der Waals surface area contributed by atoms with Gasteiger partial charge in [-0.15, -0.1) is 0 Å². The quantitative estimate of drug-likeness (QED) is 0.316. The molecule has 8 aliphatic rings. The lowest BCUT2D eigenvalue weighted by atomic mass is 9.86. The van der Waals surface area contributed by atoms with Crippen molar-refractivity contribution < 1.29 is 65.8 Å². The van der Waals surface area contributed by atoms with Gasteiger partial charge in [0.25, 0.3) is 111 Å². The first-order chi connectivity index (χ1) is 30.9. The van der Waals surface area contributed by atoms with E-state index in [1.54, 1.807) is 0 Å². The van der Waals surface area contributed by atoms with Crippen molar-refractivity contribution in [3.63, 3.8) is 0 Å². The fourth-order valence-corrected chi connectivity index (χ4v) is 74.8. The Labute approximate surface area is 423 Å². The first-order valence-electron chi connectivity index (χ1n) is 25.6. The number of rotatable bonds is 8. The van der Waals surface area contributed by atoms with E-state index in [-0.39, 0.29) is 0 Å². The average Bonchev–Trinajstić information content (AvgIpc) is 3.95. The van der Waals surface area contributed by atoms with Crippen LogP contribution in [0.2, 0.25) is 128 Å². The summed E-state index contributed by atoms with van der Waals surface area (Å²) >= 11 is 0. The molecular formula is C34H88O16Si16. The molecule has 0 N–H and O–H groups in total. The third-order valence-electron chi connectivity index (χ3n) is 15.6. The zero-order valence-corrected chi connectivity index (χ0v) is 61.0. The molecule has 0 aromatic carbocycles. The molecule has 16 unspecified atom stereocenters. The lowest BCUT2D eigenvalue weighted by Gasteiger charge is -2.44. The van der Waals surface area contributed by atoms with Crippen molar-refractivity contribution in [3.8, 4) is 0 Å². The minimum absolute atomic E-state index is 0.584. The smallest absolute Gasteiger partial charge is 0.320 e. The molecule has 4 saturated heterocycles. The Balaban J connectivity index is 0.000000196. The third-order valence-corrected chi connectivity index (χ3v) is 72.7. The lowest BCUT2D eigenvalue weighted by molar-refractivity contribution is 0.233. The first kappa shape index (κ1) is 56.6. The lowest BCUT2D eigenvalue weighted by Crippen LogP contribution is -2.56. The topological polar surface area (TPSA) is 148 Å². The molecule has 0 spiro atoms. The fourth-order valence-electron chi connectivity index (χ4n) is 13.6. The SMILES string of the molecule is C[SiH]1O[SiH](C)O[Si](C)(CCC2CC3CC2CC3[Si]2(C)O[SiH](C)O[SiH](C)O[SiH](C)O2)O[SiH](C)O1.C[SiH]1O[SiH](C)O[Si](C)(CCC2CC3CC2CC3[Si]2(C)O[SiH](C)O[SiH](C)O[SiH](C)O2)O[SiH](C)O1. The number of fused-ring (bicyclic) bond motifs is 4. The second kappa shape index (κ2) is 23.8. The van der Waals surface area contributed by atoms with E-state index in [2.05, 4.69) is 105 Å². The molecule has 4 aliphatic heterocycles. The summed E-state index contributed by atoms with van der Waals surface area (Å²) < 4.78 is 102. The van der Waals surface area contributed by atoms with Crippen LogP contribution in [-0.2, 0) is 65.8 Å². The van der Waals surface area contributed by atoms with Crippen LogP contribution < -0.4 is 0 Å². The van der Waals surface area contributed by atoms with Crippen LogP contribution in [-0.4, -0.2) is 146 Å². The summed E-state index contributed by atoms with van der Waals surface area (Å²) in [6.45, 7) is 34.6. The van der Waals surface area contributed by atoms with Gasteiger partial charge in [-0.2, -0.15) is 0 Å². The summed E-state index contributed by atoms with van der Waals surface area (Å²) in [5.74, 6) is 4.55. The van der Waals surface area contributed by atoms with Crippen LogP contribution in [0, 0.1) is 35.5 Å². The summed E-state index contributed by atoms with van der Waals surface area (Å²) in [7, 11) is -28.8. The van der Waals surface area contributed by atoms with Crippen molar-refractivity contribution in [2.75, 3.05) is 0 Å². The van der Waals surface area contributed by atoms with Gasteiger partial charge in [0.15, 0.2) is 0 Å². The Hall–Kier alpha value is 2.83. The van der Waals surface area contributed by atoms with Crippen molar-refractivity contribution in [2.45, 2.75) is 179 Å². The van der Waals surface area contributed by atoms with Crippen LogP contribution in [0.15, 0.2) is 0 Å². The molecular weight excluding hydrogens is 1110 g/mol. The zero-order chi connectivity index (χ0) is 47.9. The Bertz CT molecular complexity index is 1420. The van der Waals surface area contributed by atoms with Gasteiger partial charge in [-0.05, 0) is 204 Å². The Morgan fingerprint density at radius 3 is 0.773 bits per heavy atom. The van der Waals surface area contributed by atoms with Gasteiger partial charge in [0.1, 0.15) is 0 Å². The van der Waals surface area contributed by atoms with E-state index < -0.39 is 146 Å². The van der Waals surface area contributed by atoms with Gasteiger partial charge in [0, 0.05) is 11.1 Å². The van der Waals surface area contributed by atoms with E-state index in [1.807, 2.05) is 0 Å². The summed E-state index contributed by atoms with van der Waals surface area (Å²) in [4.78, 5) is 0. The summed E-state index contributed by atoms with van der Waals surface area (Å²) in [6, 6.07) is 2.12. The highest BCUT2D eigenvalue weighted by molar-refractivity contribution is 6.84. The minimum Gasteiger partial charge on any atom is -0.420 e. The Kier molecular flexibility index (Phi) is 20.4. The molecule has 32 heteroatoms. The van der Waals surface area contributed by atoms with Gasteiger partial charge >= 0.3 is 34.2 Å². The van der Waals surface area contributed by atoms with E-state index in [0.29, 0.717) is 11.1 Å². The van der Waals surface area contributed by atoms with Gasteiger partial charge in [-0.3, -0.25) is 0 Å². The van der Waals surface area contributed by atoms with Crippen LogP contribution in [0.3, 0.4) is 0 Å². The van der Waals surface area contributed by atoms with Crippen LogP contribution >= 0.6 is 0 Å². The Morgan fingerprint density at radius 2 is 0.545 bits per heavy atom. The van der Waals surface area contributed by atoms with E-state index >= 15 is 0 Å². The molecule has 0 radical (unpaired) electrons. The fraction of sp³-hybridized carbons (Fsp3) is 1.00. The largest absolute Gasteiger partial charge is 0.420 e. The number of hydrogen-bond acceptors (Lipinski definition) is 16. The molecule has 384 valence electrons. The Morgan fingerprint density at radius 1 is 0.303 bits per heavy atom. The predicted molar refractivity (Wildman–Crippen MR) is 295 cm³/mol. The monoisotopic (exact) mass is 1200 g/mol. The van der Waals surface area contributed by atoms with Gasteiger partial charge in [0.2, 0.25) is 0 Å². The molecule has 16 atom stereocenters. The standard InChI is InChI=1S/2C17H44O8Si8/c2*1-26-18-28(3)22-32(7,23-29(4)19-26)10-9-14-11-16-12-15(14)13-17(16)33(8)24-30(5)20-27(2)21-31(6)25-33/h2*14-17,26-31H,9-13H2,1-8H3. The van der Waals surface area contributed by atoms with Gasteiger partial charge in [-0.25, -0.2) is 0 Å². The number of hydrogen-bond donors (Lipinski definition) is 0. The van der Waals surface area contributed by atoms with Crippen molar-refractivity contribution in [1.82, 2.24) is 0 Å². The van der Waals surface area contributed by atoms with Crippen molar-refractivity contribution in [2.24, 2.45) is 35.5 Å². The molecule has 0 aromatic heterocycles. The zero-order valence-electron chi connectivity index (χ0n) is 43.2. The maximum Gasteiger partial charge on any atom is 0.320 e. The molecule has 0 amide bonds. The minimum atomic E-state index is -2.30. The summed E-state index contributed by atoms with van der Waals surface area (Å²) in [5.41, 5.74) is 1.17. The molecule has 66 heavy (non-hydrogen) atoms. The van der Waals surface area contributed by atoms with Crippen LogP contribution in [0.4, 0.5) is 0 Å². The third kappa shape index (κ3) is 15.0. The highest BCUT2D eigenvalue weighted by Gasteiger charge is 2.59. The van der Waals surface area contributed by atoms with Gasteiger partial charge in [0.05, 0.1) is 0 Å². The normalized spacial score (nSPS) is 53.8. The van der Waals surface area contributed by atoms with E-state index in [1.165, 1.54) is 51.4 Å². The highest BCUT2D eigenvalue weighted by Crippen LogP contribution is 2.61. The molecule has 4 saturated carbocycles. The summed E-state index contributed by atoms with van der Waals surface area (Å²) in [5, 5.41) is 0. The van der Waals surface area contributed by atoms with Gasteiger partial charge in [-0.1, -0.05) is 0 Å². The van der Waals surface area contributed by atoms with E-state index in [0.717, 1.165) is 47.6 Å². The predicted octanol–water partition coefficient (Wildman–Crippen LogP) is 4.40. The maximum atomic E-state index is 6.69. The second-order valence-corrected chi connectivity index (χ2v) is 62.4. The van der Waals surface area contributed by atoms with Crippen molar-refractivity contribution in [3.05, 3.63) is 0 Å². The molecule has 4 heterocycles. The second-order valence-electron chi connectivity index (χ2n) is 21.4. The molecule has 4 aliphatic carbocycles. The molecule has 8 rings (SSSR count). The molecule has 0 aromatic rings. The van der Waals surface area contributed by atoms with Crippen LogP contribution in [0.5, 0.6) is 0 Å². The van der Waals surface area contributed by atoms with Crippen LogP contribution in [0.1, 0.15) is 51.4 Å². The molecule has 8 fully saturated rings. The van der Waals surface area contributed by atoms with Crippen molar-refractivity contribution in [1.29, 1.82) is 0 Å². The highest BCUT2D eigenvalue weighted by atomic mass is 28.5. The maximum absolute atomic E-state index is 6.69. The molecule has 4 bridgehead atoms. The van der Waals surface area contributed by atoms with Crippen LogP contribution in [0.25, 0.3) is 0 Å². The average molecular weight is 1200 g/mol. The first-order valence-corrected chi connectivity index (χ1v) is 60.6. The van der Waals surface area contributed by atoms with E-state index in [4.69, 9.17) is 65.8 Å².